The van der Waals surface area contributed by atoms with Crippen molar-refractivity contribution in [3.63, 3.8) is 0 Å². The smallest absolute Gasteiger partial charge is 0.304 e. The van der Waals surface area contributed by atoms with Gasteiger partial charge in [0.15, 0.2) is 0 Å². The van der Waals surface area contributed by atoms with E-state index in [1.54, 1.807) is 6.21 Å². The Morgan fingerprint density at radius 1 is 0.867 bits per heavy atom. The molecule has 0 saturated carbocycles. The molecule has 0 amide bonds. The predicted molar refractivity (Wildman–Crippen MR) is 119 cm³/mol. The standard InChI is InChI=1S/C25H26N2O3/c28-25(29)15-16-26-18-21-8-6-20(7-9-21)14-17-27-30-19-22-10-12-24(13-11-22)23-4-2-1-3-5-23/h1-13,17,26H,14-16,18-19H2,(H,28,29). The van der Waals surface area contributed by atoms with Crippen molar-refractivity contribution in [3.05, 3.63) is 95.6 Å². The number of nitrogens with zero attached hydrogens (tertiary/aromatic N) is 1. The van der Waals surface area contributed by atoms with Gasteiger partial charge in [0, 0.05) is 25.7 Å². The fourth-order valence-electron chi connectivity index (χ4n) is 2.95. The molecule has 154 valence electrons. The maximum atomic E-state index is 10.5. The molecule has 3 rings (SSSR count). The van der Waals surface area contributed by atoms with Gasteiger partial charge in [0.1, 0.15) is 6.61 Å². The minimum atomic E-state index is -0.788. The Bertz CT molecular complexity index is 936. The monoisotopic (exact) mass is 402 g/mol. The summed E-state index contributed by atoms with van der Waals surface area (Å²) in [4.78, 5) is 15.9. The van der Waals surface area contributed by atoms with Crippen LogP contribution in [0.3, 0.4) is 0 Å². The summed E-state index contributed by atoms with van der Waals surface area (Å²) in [6.45, 7) is 1.57. The fraction of sp³-hybridized carbons (Fsp3) is 0.200. The third-order valence-corrected chi connectivity index (χ3v) is 4.64. The van der Waals surface area contributed by atoms with Crippen molar-refractivity contribution in [3.8, 4) is 11.1 Å². The first-order valence-electron chi connectivity index (χ1n) is 9.99. The number of oxime groups is 1. The quantitative estimate of drug-likeness (QED) is 0.278. The highest BCUT2D eigenvalue weighted by Crippen LogP contribution is 2.19. The van der Waals surface area contributed by atoms with Gasteiger partial charge in [-0.05, 0) is 27.8 Å². The van der Waals surface area contributed by atoms with E-state index in [-0.39, 0.29) is 6.42 Å². The minimum absolute atomic E-state index is 0.131. The van der Waals surface area contributed by atoms with Crippen LogP contribution in [0, 0.1) is 0 Å². The molecule has 5 nitrogen and oxygen atoms in total. The third kappa shape index (κ3) is 7.18. The lowest BCUT2D eigenvalue weighted by molar-refractivity contribution is -0.136. The van der Waals surface area contributed by atoms with Crippen LogP contribution < -0.4 is 5.32 Å². The molecular formula is C25H26N2O3. The summed E-state index contributed by atoms with van der Waals surface area (Å²) in [6, 6.07) is 26.7. The maximum absolute atomic E-state index is 10.5. The number of rotatable bonds is 11. The molecule has 5 heteroatoms. The Morgan fingerprint density at radius 2 is 1.50 bits per heavy atom. The first-order valence-corrected chi connectivity index (χ1v) is 9.99. The Morgan fingerprint density at radius 3 is 2.20 bits per heavy atom. The zero-order valence-corrected chi connectivity index (χ0v) is 16.8. The van der Waals surface area contributed by atoms with Crippen LogP contribution in [0.25, 0.3) is 11.1 Å². The largest absolute Gasteiger partial charge is 0.481 e. The van der Waals surface area contributed by atoms with E-state index in [4.69, 9.17) is 9.94 Å². The molecular weight excluding hydrogens is 376 g/mol. The molecule has 2 N–H and O–H groups in total. The molecule has 0 aliphatic rings. The number of carboxylic acid groups (broad SMARTS) is 1. The summed E-state index contributed by atoms with van der Waals surface area (Å²) in [5.41, 5.74) is 5.72. The van der Waals surface area contributed by atoms with Gasteiger partial charge in [0.05, 0.1) is 6.42 Å². The van der Waals surface area contributed by atoms with Gasteiger partial charge in [-0.25, -0.2) is 0 Å². The number of carboxylic acids is 1. The highest BCUT2D eigenvalue weighted by Gasteiger charge is 1.99. The molecule has 0 fully saturated rings. The number of hydrogen-bond acceptors (Lipinski definition) is 4. The molecule has 0 bridgehead atoms. The number of hydrogen-bond donors (Lipinski definition) is 2. The molecule has 0 heterocycles. The Balaban J connectivity index is 1.37. The molecule has 3 aromatic carbocycles. The lowest BCUT2D eigenvalue weighted by atomic mass is 10.0. The van der Waals surface area contributed by atoms with Crippen molar-refractivity contribution >= 4 is 12.2 Å². The highest BCUT2D eigenvalue weighted by atomic mass is 16.6. The average molecular weight is 402 g/mol. The van der Waals surface area contributed by atoms with E-state index in [1.807, 2.05) is 42.5 Å². The summed E-state index contributed by atoms with van der Waals surface area (Å²) >= 11 is 0. The summed E-state index contributed by atoms with van der Waals surface area (Å²) in [5, 5.41) is 15.8. The first kappa shape index (κ1) is 21.3. The molecule has 0 saturated heterocycles. The van der Waals surface area contributed by atoms with Gasteiger partial charge in [-0.2, -0.15) is 0 Å². The second kappa shape index (κ2) is 11.5. The van der Waals surface area contributed by atoms with Crippen LogP contribution in [0.1, 0.15) is 23.1 Å². The van der Waals surface area contributed by atoms with Crippen LogP contribution in [0.4, 0.5) is 0 Å². The Hall–Kier alpha value is -3.44. The van der Waals surface area contributed by atoms with Gasteiger partial charge in [-0.1, -0.05) is 84.0 Å². The van der Waals surface area contributed by atoms with Gasteiger partial charge >= 0.3 is 5.97 Å². The van der Waals surface area contributed by atoms with Crippen molar-refractivity contribution in [2.24, 2.45) is 5.16 Å². The molecule has 0 aliphatic heterocycles. The maximum Gasteiger partial charge on any atom is 0.304 e. The molecule has 0 atom stereocenters. The summed E-state index contributed by atoms with van der Waals surface area (Å²) in [7, 11) is 0. The summed E-state index contributed by atoms with van der Waals surface area (Å²) < 4.78 is 0. The van der Waals surface area contributed by atoms with Crippen LogP contribution in [0.5, 0.6) is 0 Å². The van der Waals surface area contributed by atoms with E-state index < -0.39 is 5.97 Å². The van der Waals surface area contributed by atoms with E-state index in [9.17, 15) is 4.79 Å². The van der Waals surface area contributed by atoms with Crippen LogP contribution in [0.2, 0.25) is 0 Å². The summed E-state index contributed by atoms with van der Waals surface area (Å²) in [5.74, 6) is -0.788. The van der Waals surface area contributed by atoms with Crippen molar-refractivity contribution in [2.45, 2.75) is 26.0 Å². The SMILES string of the molecule is O=C(O)CCNCc1ccc(CC=NOCc2ccc(-c3ccccc3)cc2)cc1. The van der Waals surface area contributed by atoms with Crippen LogP contribution >= 0.6 is 0 Å². The van der Waals surface area contributed by atoms with Crippen LogP contribution in [-0.4, -0.2) is 23.8 Å². The lowest BCUT2D eigenvalue weighted by Crippen LogP contribution is -2.17. The van der Waals surface area contributed by atoms with Gasteiger partial charge in [-0.3, -0.25) is 4.79 Å². The molecule has 0 aromatic heterocycles. The molecule has 30 heavy (non-hydrogen) atoms. The van der Waals surface area contributed by atoms with E-state index >= 15 is 0 Å². The summed E-state index contributed by atoms with van der Waals surface area (Å²) in [6.07, 6.45) is 2.59. The number of aliphatic carboxylic acids is 1. The molecule has 0 aliphatic carbocycles. The number of carbonyl (C=O) groups is 1. The van der Waals surface area contributed by atoms with Crippen LogP contribution in [0.15, 0.2) is 84.0 Å². The second-order valence-electron chi connectivity index (χ2n) is 6.97. The Labute approximate surface area is 177 Å². The minimum Gasteiger partial charge on any atom is -0.481 e. The average Bonchev–Trinajstić information content (AvgIpc) is 2.78. The zero-order chi connectivity index (χ0) is 21.0. The zero-order valence-electron chi connectivity index (χ0n) is 16.8. The highest BCUT2D eigenvalue weighted by molar-refractivity contribution is 5.66. The number of nitrogens with one attached hydrogen (secondary N) is 1. The normalized spacial score (nSPS) is 10.9. The van der Waals surface area contributed by atoms with Crippen molar-refractivity contribution in [2.75, 3.05) is 6.54 Å². The topological polar surface area (TPSA) is 70.9 Å². The Kier molecular flexibility index (Phi) is 8.18. The van der Waals surface area contributed by atoms with Gasteiger partial charge in [0.25, 0.3) is 0 Å². The van der Waals surface area contributed by atoms with Crippen molar-refractivity contribution < 1.29 is 14.7 Å². The van der Waals surface area contributed by atoms with Gasteiger partial charge < -0.3 is 15.3 Å². The lowest BCUT2D eigenvalue weighted by Gasteiger charge is -2.05. The predicted octanol–water partition coefficient (Wildman–Crippen LogP) is 4.66. The van der Waals surface area contributed by atoms with E-state index in [0.29, 0.717) is 26.1 Å². The van der Waals surface area contributed by atoms with Crippen molar-refractivity contribution in [1.82, 2.24) is 5.32 Å². The van der Waals surface area contributed by atoms with E-state index in [1.165, 1.54) is 11.1 Å². The van der Waals surface area contributed by atoms with Gasteiger partial charge in [-0.15, -0.1) is 0 Å². The number of benzene rings is 3. The first-order chi connectivity index (χ1) is 14.7. The van der Waals surface area contributed by atoms with Gasteiger partial charge in [0.2, 0.25) is 0 Å². The molecule has 0 spiro atoms. The van der Waals surface area contributed by atoms with Crippen LogP contribution in [-0.2, 0) is 29.2 Å². The van der Waals surface area contributed by atoms with Crippen molar-refractivity contribution in [1.29, 1.82) is 0 Å². The van der Waals surface area contributed by atoms with E-state index in [2.05, 4.69) is 46.9 Å². The third-order valence-electron chi connectivity index (χ3n) is 4.64. The second-order valence-corrected chi connectivity index (χ2v) is 6.97. The molecule has 0 unspecified atom stereocenters. The van der Waals surface area contributed by atoms with E-state index in [0.717, 1.165) is 16.7 Å². The molecule has 0 radical (unpaired) electrons. The molecule has 3 aromatic rings. The fourth-order valence-corrected chi connectivity index (χ4v) is 2.95.